The van der Waals surface area contributed by atoms with Crippen LogP contribution in [0.25, 0.3) is 0 Å². The monoisotopic (exact) mass is 202 g/mol. The Kier molecular flexibility index (Phi) is 6.13. The summed E-state index contributed by atoms with van der Waals surface area (Å²) in [6.45, 7) is 2.06. The van der Waals surface area contributed by atoms with Crippen LogP contribution in [-0.2, 0) is 14.3 Å². The highest BCUT2D eigenvalue weighted by atomic mass is 16.5. The number of ether oxygens (including phenoxy) is 1. The quantitative estimate of drug-likeness (QED) is 0.381. The molecule has 0 radical (unpaired) electrons. The highest BCUT2D eigenvalue weighted by molar-refractivity contribution is 5.75. The van der Waals surface area contributed by atoms with E-state index in [1.165, 1.54) is 19.3 Å². The molecule has 0 aliphatic heterocycles. The van der Waals surface area contributed by atoms with Crippen molar-refractivity contribution in [3.8, 4) is 0 Å². The van der Waals surface area contributed by atoms with E-state index in [1.807, 2.05) is 0 Å². The molecule has 4 N–H and O–H groups in total. The Morgan fingerprint density at radius 1 is 1.64 bits per heavy atom. The van der Waals surface area contributed by atoms with E-state index in [4.69, 9.17) is 15.6 Å². The molecule has 0 aromatic rings. The van der Waals surface area contributed by atoms with Gasteiger partial charge < -0.3 is 20.9 Å². The van der Waals surface area contributed by atoms with Crippen molar-refractivity contribution >= 4 is 11.9 Å². The van der Waals surface area contributed by atoms with Crippen molar-refractivity contribution in [2.45, 2.75) is 13.0 Å². The van der Waals surface area contributed by atoms with Crippen molar-refractivity contribution in [3.63, 3.8) is 0 Å². The number of rotatable bonds is 6. The van der Waals surface area contributed by atoms with Crippen molar-refractivity contribution < 1.29 is 19.4 Å². The van der Waals surface area contributed by atoms with E-state index in [0.29, 0.717) is 6.54 Å². The van der Waals surface area contributed by atoms with Crippen LogP contribution in [0.5, 0.6) is 0 Å². The molecule has 0 aliphatic carbocycles. The lowest BCUT2D eigenvalue weighted by atomic mass is 10.3. The first-order valence-corrected chi connectivity index (χ1v) is 4.05. The Balaban J connectivity index is 3.44. The largest absolute Gasteiger partial charge is 0.500 e. The van der Waals surface area contributed by atoms with Gasteiger partial charge in [0.2, 0.25) is 5.91 Å². The third-order valence-corrected chi connectivity index (χ3v) is 1.26. The van der Waals surface area contributed by atoms with E-state index in [9.17, 15) is 9.59 Å². The van der Waals surface area contributed by atoms with Gasteiger partial charge in [0.15, 0.2) is 0 Å². The molecule has 0 spiro atoms. The van der Waals surface area contributed by atoms with E-state index in [0.717, 1.165) is 0 Å². The van der Waals surface area contributed by atoms with Crippen molar-refractivity contribution in [2.75, 3.05) is 13.2 Å². The molecule has 0 rings (SSSR count). The van der Waals surface area contributed by atoms with E-state index >= 15 is 0 Å². The third kappa shape index (κ3) is 7.11. The summed E-state index contributed by atoms with van der Waals surface area (Å²) in [7, 11) is 0. The van der Waals surface area contributed by atoms with Gasteiger partial charge in [0.1, 0.15) is 12.6 Å². The van der Waals surface area contributed by atoms with Crippen LogP contribution in [0.4, 0.5) is 0 Å². The molecule has 6 nitrogen and oxygen atoms in total. The topological polar surface area (TPSA) is 102 Å². The molecule has 0 bridgehead atoms. The first kappa shape index (κ1) is 12.4. The Morgan fingerprint density at radius 3 is 2.79 bits per heavy atom. The van der Waals surface area contributed by atoms with Gasteiger partial charge in [0.05, 0.1) is 12.8 Å². The molecule has 0 aromatic heterocycles. The minimum Gasteiger partial charge on any atom is -0.500 e. The van der Waals surface area contributed by atoms with E-state index < -0.39 is 12.0 Å². The normalized spacial score (nSPS) is 12.4. The minimum absolute atomic E-state index is 0.139. The maximum absolute atomic E-state index is 10.4. The number of nitrogens with two attached hydrogens (primary N) is 1. The summed E-state index contributed by atoms with van der Waals surface area (Å²) in [4.78, 5) is 20.6. The maximum atomic E-state index is 10.4. The van der Waals surface area contributed by atoms with Crippen LogP contribution in [0.3, 0.4) is 0 Å². The Bertz CT molecular complexity index is 227. The van der Waals surface area contributed by atoms with Crippen LogP contribution in [0.15, 0.2) is 12.3 Å². The lowest BCUT2D eigenvalue weighted by molar-refractivity contribution is -0.137. The molecule has 0 saturated carbocycles. The molecular formula is C8H14N2O4. The van der Waals surface area contributed by atoms with Crippen molar-refractivity contribution in [1.29, 1.82) is 0 Å². The maximum Gasteiger partial charge on any atom is 0.324 e. The number of carbonyl (C=O) groups excluding carboxylic acids is 1. The van der Waals surface area contributed by atoms with Crippen LogP contribution in [0, 0.1) is 0 Å². The molecule has 1 atom stereocenters. The molecule has 0 saturated heterocycles. The summed E-state index contributed by atoms with van der Waals surface area (Å²) in [6, 6.07) is -1.06. The van der Waals surface area contributed by atoms with Gasteiger partial charge in [-0.2, -0.15) is 0 Å². The molecule has 1 unspecified atom stereocenters. The van der Waals surface area contributed by atoms with Gasteiger partial charge in [0.25, 0.3) is 0 Å². The number of aliphatic carboxylic acids is 1. The first-order valence-electron chi connectivity index (χ1n) is 4.05. The van der Waals surface area contributed by atoms with Crippen LogP contribution < -0.4 is 11.1 Å². The van der Waals surface area contributed by atoms with Gasteiger partial charge in [-0.3, -0.25) is 9.59 Å². The third-order valence-electron chi connectivity index (χ3n) is 1.26. The molecule has 0 heterocycles. The second-order valence-corrected chi connectivity index (χ2v) is 2.55. The molecular weight excluding hydrogens is 188 g/mol. The predicted molar refractivity (Wildman–Crippen MR) is 49.4 cm³/mol. The zero-order valence-electron chi connectivity index (χ0n) is 7.90. The summed E-state index contributed by atoms with van der Waals surface area (Å²) in [5, 5.41) is 10.9. The number of amides is 1. The Morgan fingerprint density at radius 2 is 2.29 bits per heavy atom. The lowest BCUT2D eigenvalue weighted by Crippen LogP contribution is -2.27. The second kappa shape index (κ2) is 6.90. The Labute approximate surface area is 81.7 Å². The van der Waals surface area contributed by atoms with E-state index in [2.05, 4.69) is 5.32 Å². The van der Waals surface area contributed by atoms with Crippen LogP contribution >= 0.6 is 0 Å². The van der Waals surface area contributed by atoms with Crippen LogP contribution in [0.2, 0.25) is 0 Å². The van der Waals surface area contributed by atoms with Gasteiger partial charge in [-0.15, -0.1) is 0 Å². The number of hydrogen-bond acceptors (Lipinski definition) is 4. The molecule has 0 aliphatic rings. The lowest BCUT2D eigenvalue weighted by Gasteiger charge is -2.02. The number of hydrogen-bond donors (Lipinski definition) is 3. The summed E-state index contributed by atoms with van der Waals surface area (Å²) in [5.74, 6) is -1.26. The smallest absolute Gasteiger partial charge is 0.324 e. The van der Waals surface area contributed by atoms with Crippen molar-refractivity contribution in [3.05, 3.63) is 12.3 Å². The highest BCUT2D eigenvalue weighted by Crippen LogP contribution is 1.83. The van der Waals surface area contributed by atoms with Gasteiger partial charge in [-0.1, -0.05) is 0 Å². The fourth-order valence-electron chi connectivity index (χ4n) is 0.577. The Hall–Kier alpha value is -1.56. The minimum atomic E-state index is -1.12. The first-order chi connectivity index (χ1) is 6.54. The van der Waals surface area contributed by atoms with Gasteiger partial charge in [0, 0.05) is 6.92 Å². The molecule has 80 valence electrons. The van der Waals surface area contributed by atoms with Crippen LogP contribution in [0.1, 0.15) is 6.92 Å². The highest BCUT2D eigenvalue weighted by Gasteiger charge is 2.05. The number of carboxylic acids is 1. The molecule has 0 fully saturated rings. The van der Waals surface area contributed by atoms with Crippen molar-refractivity contribution in [1.82, 2.24) is 5.32 Å². The molecule has 14 heavy (non-hydrogen) atoms. The van der Waals surface area contributed by atoms with E-state index in [1.54, 1.807) is 0 Å². The van der Waals surface area contributed by atoms with Crippen molar-refractivity contribution in [2.24, 2.45) is 5.73 Å². The number of carbonyl (C=O) groups is 2. The average molecular weight is 202 g/mol. The van der Waals surface area contributed by atoms with Gasteiger partial charge in [-0.05, 0) is 6.08 Å². The predicted octanol–water partition coefficient (Wildman–Crippen LogP) is -0.935. The molecule has 1 amide bonds. The van der Waals surface area contributed by atoms with Gasteiger partial charge >= 0.3 is 5.97 Å². The average Bonchev–Trinajstić information content (AvgIpc) is 2.09. The summed E-state index contributed by atoms with van der Waals surface area (Å²) in [6.07, 6.45) is 2.43. The summed E-state index contributed by atoms with van der Waals surface area (Å²) < 4.78 is 4.87. The van der Waals surface area contributed by atoms with Gasteiger partial charge in [-0.25, -0.2) is 0 Å². The standard InChI is InChI=1S/C8H14N2O4/c1-6(11)10-3-5-14-4-2-7(9)8(12)13/h2,4,7H,3,5,9H2,1H3,(H,10,11)(H,12,13)/b4-2+. The zero-order valence-corrected chi connectivity index (χ0v) is 7.90. The fraction of sp³-hybridized carbons (Fsp3) is 0.500. The number of carboxylic acid groups (broad SMARTS) is 1. The second-order valence-electron chi connectivity index (χ2n) is 2.55. The summed E-state index contributed by atoms with van der Waals surface area (Å²) in [5.41, 5.74) is 5.14. The van der Waals surface area contributed by atoms with E-state index in [-0.39, 0.29) is 12.5 Å². The molecule has 0 aromatic carbocycles. The molecule has 6 heteroatoms. The zero-order chi connectivity index (χ0) is 11.0. The fourth-order valence-corrected chi connectivity index (χ4v) is 0.577. The SMILES string of the molecule is CC(=O)NCCO/C=C/C(N)C(=O)O. The number of nitrogens with one attached hydrogen (secondary N) is 1. The van der Waals surface area contributed by atoms with Crippen LogP contribution in [-0.4, -0.2) is 36.2 Å². The summed E-state index contributed by atoms with van der Waals surface area (Å²) >= 11 is 0.